The summed E-state index contributed by atoms with van der Waals surface area (Å²) >= 11 is 0. The number of benzene rings is 1. The Balaban J connectivity index is 2.04. The molecule has 0 aliphatic heterocycles. The maximum atomic E-state index is 13.4. The molecule has 0 radical (unpaired) electrons. The lowest BCUT2D eigenvalue weighted by Gasteiger charge is -2.18. The van der Waals surface area contributed by atoms with Crippen LogP contribution in [0.1, 0.15) is 19.3 Å². The Morgan fingerprint density at radius 1 is 1.19 bits per heavy atom. The van der Waals surface area contributed by atoms with Crippen LogP contribution in [0.2, 0.25) is 0 Å². The molecule has 2 rings (SSSR count). The predicted octanol–water partition coefficient (Wildman–Crippen LogP) is 2.48. The first kappa shape index (κ1) is 15.1. The van der Waals surface area contributed by atoms with Gasteiger partial charge in [-0.3, -0.25) is 4.79 Å². The Labute approximate surface area is 118 Å². The molecule has 0 saturated heterocycles. The van der Waals surface area contributed by atoms with Gasteiger partial charge in [0.25, 0.3) is 0 Å². The Bertz CT molecular complexity index is 580. The largest absolute Gasteiger partial charge is 0.481 e. The number of hydrogen-bond donors (Lipinski definition) is 3. The van der Waals surface area contributed by atoms with E-state index in [-0.39, 0.29) is 0 Å². The van der Waals surface area contributed by atoms with Crippen LogP contribution in [-0.2, 0) is 4.79 Å². The van der Waals surface area contributed by atoms with Crippen LogP contribution < -0.4 is 10.6 Å². The minimum Gasteiger partial charge on any atom is -0.481 e. The molecule has 1 saturated carbocycles. The van der Waals surface area contributed by atoms with E-state index in [0.29, 0.717) is 31.4 Å². The van der Waals surface area contributed by atoms with Crippen molar-refractivity contribution in [1.29, 1.82) is 0 Å². The fraction of sp³-hybridized carbons (Fsp3) is 0.385. The summed E-state index contributed by atoms with van der Waals surface area (Å²) < 4.78 is 39.4. The van der Waals surface area contributed by atoms with Crippen molar-refractivity contribution >= 4 is 17.7 Å². The van der Waals surface area contributed by atoms with Gasteiger partial charge in [0.05, 0.1) is 11.6 Å². The molecule has 1 aromatic carbocycles. The third kappa shape index (κ3) is 3.45. The standard InChI is InChI=1S/C13H13F3N2O3/c14-6-4-8(15)11(16)10(5-6)18-13(21)17-9-3-1-2-7(9)12(19)20/h4-5,7,9H,1-3H2,(H,19,20)(H2,17,18,21). The number of carbonyl (C=O) groups excluding carboxylic acids is 1. The zero-order valence-corrected chi connectivity index (χ0v) is 10.8. The average molecular weight is 302 g/mol. The first-order valence-corrected chi connectivity index (χ1v) is 6.33. The fourth-order valence-corrected chi connectivity index (χ4v) is 2.40. The lowest BCUT2D eigenvalue weighted by atomic mass is 10.0. The van der Waals surface area contributed by atoms with Gasteiger partial charge >= 0.3 is 12.0 Å². The van der Waals surface area contributed by atoms with E-state index in [1.807, 2.05) is 5.32 Å². The first-order valence-electron chi connectivity index (χ1n) is 6.33. The van der Waals surface area contributed by atoms with Crippen molar-refractivity contribution in [1.82, 2.24) is 5.32 Å². The molecule has 21 heavy (non-hydrogen) atoms. The Morgan fingerprint density at radius 3 is 2.57 bits per heavy atom. The van der Waals surface area contributed by atoms with Crippen LogP contribution in [0.4, 0.5) is 23.7 Å². The molecule has 3 N–H and O–H groups in total. The SMILES string of the molecule is O=C(Nc1cc(F)cc(F)c1F)NC1CCCC1C(=O)O. The first-order chi connectivity index (χ1) is 9.88. The Kier molecular flexibility index (Phi) is 4.35. The van der Waals surface area contributed by atoms with E-state index in [4.69, 9.17) is 5.11 Å². The van der Waals surface area contributed by atoms with E-state index in [9.17, 15) is 22.8 Å². The molecule has 114 valence electrons. The summed E-state index contributed by atoms with van der Waals surface area (Å²) in [4.78, 5) is 22.6. The van der Waals surface area contributed by atoms with Gasteiger partial charge in [0.1, 0.15) is 5.82 Å². The van der Waals surface area contributed by atoms with E-state index in [2.05, 4.69) is 5.32 Å². The number of rotatable bonds is 3. The second-order valence-corrected chi connectivity index (χ2v) is 4.83. The van der Waals surface area contributed by atoms with E-state index in [1.165, 1.54) is 0 Å². The van der Waals surface area contributed by atoms with Crippen LogP contribution in [0.25, 0.3) is 0 Å². The minimum absolute atomic E-state index is 0.357. The zero-order valence-electron chi connectivity index (χ0n) is 10.8. The van der Waals surface area contributed by atoms with Gasteiger partial charge in [-0.1, -0.05) is 6.42 Å². The monoisotopic (exact) mass is 302 g/mol. The molecule has 5 nitrogen and oxygen atoms in total. The van der Waals surface area contributed by atoms with Gasteiger partial charge in [-0.15, -0.1) is 0 Å². The highest BCUT2D eigenvalue weighted by Crippen LogP contribution is 2.26. The highest BCUT2D eigenvalue weighted by molar-refractivity contribution is 5.90. The molecular formula is C13H13F3N2O3. The number of hydrogen-bond acceptors (Lipinski definition) is 2. The number of amides is 2. The highest BCUT2D eigenvalue weighted by atomic mass is 19.2. The molecule has 0 heterocycles. The van der Waals surface area contributed by atoms with Crippen molar-refractivity contribution in [2.45, 2.75) is 25.3 Å². The van der Waals surface area contributed by atoms with Crippen molar-refractivity contribution in [3.05, 3.63) is 29.6 Å². The normalized spacial score (nSPS) is 21.1. The second-order valence-electron chi connectivity index (χ2n) is 4.83. The van der Waals surface area contributed by atoms with Crippen LogP contribution in [0.3, 0.4) is 0 Å². The summed E-state index contributed by atoms with van der Waals surface area (Å²) in [5, 5.41) is 13.3. The maximum absolute atomic E-state index is 13.4. The van der Waals surface area contributed by atoms with Gasteiger partial charge in [0.2, 0.25) is 0 Å². The molecule has 1 fully saturated rings. The molecular weight excluding hydrogens is 289 g/mol. The smallest absolute Gasteiger partial charge is 0.319 e. The van der Waals surface area contributed by atoms with Gasteiger partial charge in [0, 0.05) is 18.2 Å². The third-order valence-corrected chi connectivity index (χ3v) is 3.39. The number of aliphatic carboxylic acids is 1. The number of nitrogens with one attached hydrogen (secondary N) is 2. The van der Waals surface area contributed by atoms with Crippen molar-refractivity contribution in [3.8, 4) is 0 Å². The Morgan fingerprint density at radius 2 is 1.90 bits per heavy atom. The lowest BCUT2D eigenvalue weighted by molar-refractivity contribution is -0.142. The average Bonchev–Trinajstić information content (AvgIpc) is 2.83. The van der Waals surface area contributed by atoms with Crippen molar-refractivity contribution < 1.29 is 27.9 Å². The predicted molar refractivity (Wildman–Crippen MR) is 67.2 cm³/mol. The topological polar surface area (TPSA) is 78.4 Å². The number of halogens is 3. The molecule has 2 unspecified atom stereocenters. The van der Waals surface area contributed by atoms with Gasteiger partial charge < -0.3 is 15.7 Å². The molecule has 2 amide bonds. The van der Waals surface area contributed by atoms with Crippen LogP contribution >= 0.6 is 0 Å². The molecule has 0 aromatic heterocycles. The third-order valence-electron chi connectivity index (χ3n) is 3.39. The number of anilines is 1. The number of urea groups is 1. The summed E-state index contributed by atoms with van der Waals surface area (Å²) in [5.74, 6) is -5.58. The van der Waals surface area contributed by atoms with E-state index in [1.54, 1.807) is 0 Å². The van der Waals surface area contributed by atoms with Gasteiger partial charge in [-0.2, -0.15) is 0 Å². The van der Waals surface area contributed by atoms with Gasteiger partial charge in [-0.05, 0) is 12.8 Å². The van der Waals surface area contributed by atoms with E-state index in [0.717, 1.165) is 0 Å². The molecule has 1 aromatic rings. The van der Waals surface area contributed by atoms with Crippen LogP contribution in [0, 0.1) is 23.4 Å². The number of carboxylic acid groups (broad SMARTS) is 1. The van der Waals surface area contributed by atoms with Crippen LogP contribution in [0.15, 0.2) is 12.1 Å². The van der Waals surface area contributed by atoms with Crippen LogP contribution in [-0.4, -0.2) is 23.1 Å². The summed E-state index contributed by atoms with van der Waals surface area (Å²) in [6, 6.07) is -0.502. The van der Waals surface area contributed by atoms with Crippen LogP contribution in [0.5, 0.6) is 0 Å². The van der Waals surface area contributed by atoms with E-state index < -0.39 is 47.1 Å². The molecule has 1 aliphatic carbocycles. The Hall–Kier alpha value is -2.25. The minimum atomic E-state index is -1.42. The van der Waals surface area contributed by atoms with Gasteiger partial charge in [-0.25, -0.2) is 18.0 Å². The van der Waals surface area contributed by atoms with E-state index >= 15 is 0 Å². The molecule has 0 spiro atoms. The van der Waals surface area contributed by atoms with Gasteiger partial charge in [0.15, 0.2) is 11.6 Å². The van der Waals surface area contributed by atoms with Crippen molar-refractivity contribution in [2.24, 2.45) is 5.92 Å². The van der Waals surface area contributed by atoms with Crippen molar-refractivity contribution in [2.75, 3.05) is 5.32 Å². The number of carbonyl (C=O) groups is 2. The summed E-state index contributed by atoms with van der Waals surface area (Å²) in [6.45, 7) is 0. The fourth-order valence-electron chi connectivity index (χ4n) is 2.40. The zero-order chi connectivity index (χ0) is 15.6. The van der Waals surface area contributed by atoms with Crippen molar-refractivity contribution in [3.63, 3.8) is 0 Å². The highest BCUT2D eigenvalue weighted by Gasteiger charge is 2.34. The number of carboxylic acids is 1. The summed E-state index contributed by atoms with van der Waals surface area (Å²) in [6.07, 6.45) is 1.55. The second kappa shape index (κ2) is 6.02. The quantitative estimate of drug-likeness (QED) is 0.751. The molecule has 1 aliphatic rings. The lowest BCUT2D eigenvalue weighted by Crippen LogP contribution is -2.42. The molecule has 8 heteroatoms. The summed E-state index contributed by atoms with van der Waals surface area (Å²) in [5.41, 5.74) is -0.644. The maximum Gasteiger partial charge on any atom is 0.319 e. The molecule has 2 atom stereocenters. The molecule has 0 bridgehead atoms. The summed E-state index contributed by atoms with van der Waals surface area (Å²) in [7, 11) is 0.